The molecule has 0 saturated carbocycles. The van der Waals surface area contributed by atoms with Crippen molar-refractivity contribution in [2.24, 2.45) is 0 Å². The summed E-state index contributed by atoms with van der Waals surface area (Å²) in [5, 5.41) is 9.23. The highest BCUT2D eigenvalue weighted by Crippen LogP contribution is 2.13. The number of ether oxygens (including phenoxy) is 2. The van der Waals surface area contributed by atoms with Gasteiger partial charge in [-0.15, -0.1) is 0 Å². The maximum absolute atomic E-state index is 9.23. The van der Waals surface area contributed by atoms with Crippen LogP contribution in [0.4, 0.5) is 0 Å². The van der Waals surface area contributed by atoms with E-state index in [9.17, 15) is 5.11 Å². The molecule has 0 rings (SSSR count). The summed E-state index contributed by atoms with van der Waals surface area (Å²) in [4.78, 5) is 2.12. The molecule has 0 radical (unpaired) electrons. The highest BCUT2D eigenvalue weighted by Gasteiger charge is 2.23. The summed E-state index contributed by atoms with van der Waals surface area (Å²) in [6.07, 6.45) is 0.689. The van der Waals surface area contributed by atoms with Gasteiger partial charge in [0.25, 0.3) is 0 Å². The van der Waals surface area contributed by atoms with E-state index in [-0.39, 0.29) is 18.4 Å². The second-order valence-corrected chi connectivity index (χ2v) is 4.52. The lowest BCUT2D eigenvalue weighted by molar-refractivity contribution is -0.143. The van der Waals surface area contributed by atoms with Gasteiger partial charge in [0.05, 0.1) is 6.61 Å². The Bertz CT molecular complexity index is 168. The lowest BCUT2D eigenvalue weighted by Crippen LogP contribution is -2.45. The molecule has 0 fully saturated rings. The average Bonchev–Trinajstić information content (AvgIpc) is 2.26. The summed E-state index contributed by atoms with van der Waals surface area (Å²) in [5.41, 5.74) is -0.191. The molecule has 4 heteroatoms. The smallest absolute Gasteiger partial charge is 0.158 e. The van der Waals surface area contributed by atoms with Crippen LogP contribution in [0.15, 0.2) is 0 Å². The molecular formula is C12H27NO3. The minimum absolute atomic E-state index is 0.132. The van der Waals surface area contributed by atoms with E-state index in [1.165, 1.54) is 0 Å². The SMILES string of the molecule is CCOC(CCN(C)C(C)(C)CO)OCC. The van der Waals surface area contributed by atoms with Crippen LogP contribution in [0.3, 0.4) is 0 Å². The Balaban J connectivity index is 3.99. The summed E-state index contributed by atoms with van der Waals surface area (Å²) in [5.74, 6) is 0. The third-order valence-corrected chi connectivity index (χ3v) is 2.83. The van der Waals surface area contributed by atoms with Gasteiger partial charge in [-0.05, 0) is 34.7 Å². The molecular weight excluding hydrogens is 206 g/mol. The van der Waals surface area contributed by atoms with Crippen LogP contribution in [0.2, 0.25) is 0 Å². The molecule has 4 nitrogen and oxygen atoms in total. The first-order valence-corrected chi connectivity index (χ1v) is 6.03. The van der Waals surface area contributed by atoms with Gasteiger partial charge >= 0.3 is 0 Å². The quantitative estimate of drug-likeness (QED) is 0.613. The number of nitrogens with zero attached hydrogens (tertiary/aromatic N) is 1. The Morgan fingerprint density at radius 3 is 2.06 bits per heavy atom. The van der Waals surface area contributed by atoms with E-state index in [1.54, 1.807) is 0 Å². The average molecular weight is 233 g/mol. The van der Waals surface area contributed by atoms with Crippen LogP contribution in [0, 0.1) is 0 Å². The van der Waals surface area contributed by atoms with Crippen molar-refractivity contribution in [3.05, 3.63) is 0 Å². The number of hydrogen-bond acceptors (Lipinski definition) is 4. The highest BCUT2D eigenvalue weighted by atomic mass is 16.7. The van der Waals surface area contributed by atoms with Crippen molar-refractivity contribution >= 4 is 0 Å². The van der Waals surface area contributed by atoms with Crippen molar-refractivity contribution in [2.45, 2.75) is 45.9 Å². The van der Waals surface area contributed by atoms with Crippen molar-refractivity contribution in [1.29, 1.82) is 0 Å². The van der Waals surface area contributed by atoms with Crippen LogP contribution in [0.25, 0.3) is 0 Å². The molecule has 0 spiro atoms. The highest BCUT2D eigenvalue weighted by molar-refractivity contribution is 4.77. The van der Waals surface area contributed by atoms with Crippen LogP contribution in [-0.2, 0) is 9.47 Å². The van der Waals surface area contributed by atoms with E-state index in [1.807, 2.05) is 34.7 Å². The molecule has 0 saturated heterocycles. The first kappa shape index (κ1) is 15.8. The molecule has 0 aliphatic rings. The lowest BCUT2D eigenvalue weighted by Gasteiger charge is -2.34. The number of hydrogen-bond donors (Lipinski definition) is 1. The van der Waals surface area contributed by atoms with Gasteiger partial charge < -0.3 is 14.6 Å². The normalized spacial score (nSPS) is 12.8. The van der Waals surface area contributed by atoms with E-state index >= 15 is 0 Å². The van der Waals surface area contributed by atoms with Crippen LogP contribution in [0.1, 0.15) is 34.1 Å². The standard InChI is InChI=1S/C12H27NO3/c1-6-15-11(16-7-2)8-9-13(5)12(3,4)10-14/h11,14H,6-10H2,1-5H3. The van der Waals surface area contributed by atoms with Gasteiger partial charge in [0, 0.05) is 31.7 Å². The first-order chi connectivity index (χ1) is 7.47. The van der Waals surface area contributed by atoms with E-state index in [0.29, 0.717) is 13.2 Å². The Morgan fingerprint density at radius 1 is 1.19 bits per heavy atom. The van der Waals surface area contributed by atoms with Gasteiger partial charge in [-0.1, -0.05) is 0 Å². The lowest BCUT2D eigenvalue weighted by atomic mass is 10.1. The summed E-state index contributed by atoms with van der Waals surface area (Å²) in [6.45, 7) is 10.3. The monoisotopic (exact) mass is 233 g/mol. The van der Waals surface area contributed by atoms with E-state index < -0.39 is 0 Å². The molecule has 0 heterocycles. The second-order valence-electron chi connectivity index (χ2n) is 4.52. The number of aliphatic hydroxyl groups excluding tert-OH is 1. The van der Waals surface area contributed by atoms with Gasteiger partial charge in [0.1, 0.15) is 0 Å². The largest absolute Gasteiger partial charge is 0.394 e. The van der Waals surface area contributed by atoms with Crippen LogP contribution < -0.4 is 0 Å². The number of likely N-dealkylation sites (N-methyl/N-ethyl adjacent to an activating group) is 1. The zero-order chi connectivity index (χ0) is 12.6. The molecule has 16 heavy (non-hydrogen) atoms. The molecule has 0 aromatic heterocycles. The summed E-state index contributed by atoms with van der Waals surface area (Å²) in [7, 11) is 2.01. The van der Waals surface area contributed by atoms with Crippen molar-refractivity contribution in [2.75, 3.05) is 33.4 Å². The Morgan fingerprint density at radius 2 is 1.69 bits per heavy atom. The first-order valence-electron chi connectivity index (χ1n) is 6.03. The molecule has 0 amide bonds. The van der Waals surface area contributed by atoms with Gasteiger partial charge in [-0.2, -0.15) is 0 Å². The topological polar surface area (TPSA) is 41.9 Å². The van der Waals surface area contributed by atoms with E-state index in [0.717, 1.165) is 13.0 Å². The second kappa shape index (κ2) is 8.01. The van der Waals surface area contributed by atoms with Gasteiger partial charge in [-0.25, -0.2) is 0 Å². The molecule has 0 aromatic carbocycles. The maximum Gasteiger partial charge on any atom is 0.158 e. The third-order valence-electron chi connectivity index (χ3n) is 2.83. The van der Waals surface area contributed by atoms with Crippen LogP contribution in [0.5, 0.6) is 0 Å². The molecule has 0 atom stereocenters. The number of rotatable bonds is 9. The molecule has 0 aliphatic heterocycles. The maximum atomic E-state index is 9.23. The Labute approximate surface area is 99.5 Å². The molecule has 0 aromatic rings. The summed E-state index contributed by atoms with van der Waals surface area (Å²) < 4.78 is 10.9. The van der Waals surface area contributed by atoms with Crippen molar-refractivity contribution in [3.8, 4) is 0 Å². The fraction of sp³-hybridized carbons (Fsp3) is 1.00. The van der Waals surface area contributed by atoms with Gasteiger partial charge in [0.2, 0.25) is 0 Å². The predicted octanol–water partition coefficient (Wildman–Crippen LogP) is 1.48. The third kappa shape index (κ3) is 5.80. The van der Waals surface area contributed by atoms with E-state index in [2.05, 4.69) is 4.90 Å². The zero-order valence-corrected chi connectivity index (χ0v) is 11.3. The fourth-order valence-electron chi connectivity index (χ4n) is 1.31. The number of aliphatic hydroxyl groups is 1. The van der Waals surface area contributed by atoms with Crippen LogP contribution >= 0.6 is 0 Å². The summed E-state index contributed by atoms with van der Waals surface area (Å²) >= 11 is 0. The zero-order valence-electron chi connectivity index (χ0n) is 11.3. The molecule has 0 unspecified atom stereocenters. The Kier molecular flexibility index (Phi) is 7.93. The van der Waals surface area contributed by atoms with Crippen molar-refractivity contribution in [1.82, 2.24) is 4.90 Å². The van der Waals surface area contributed by atoms with Crippen molar-refractivity contribution < 1.29 is 14.6 Å². The van der Waals surface area contributed by atoms with Gasteiger partial charge in [0.15, 0.2) is 6.29 Å². The van der Waals surface area contributed by atoms with E-state index in [4.69, 9.17) is 9.47 Å². The molecule has 98 valence electrons. The summed E-state index contributed by atoms with van der Waals surface area (Å²) in [6, 6.07) is 0. The minimum atomic E-state index is -0.191. The Hall–Kier alpha value is -0.160. The molecule has 0 aliphatic carbocycles. The predicted molar refractivity (Wildman–Crippen MR) is 65.5 cm³/mol. The molecule has 0 bridgehead atoms. The van der Waals surface area contributed by atoms with Crippen molar-refractivity contribution in [3.63, 3.8) is 0 Å². The molecule has 1 N–H and O–H groups in total. The van der Waals surface area contributed by atoms with Gasteiger partial charge in [-0.3, -0.25) is 4.90 Å². The minimum Gasteiger partial charge on any atom is -0.394 e. The fourth-order valence-corrected chi connectivity index (χ4v) is 1.31. The van der Waals surface area contributed by atoms with Crippen LogP contribution in [-0.4, -0.2) is 55.2 Å².